The van der Waals surface area contributed by atoms with Crippen LogP contribution in [0.4, 0.5) is 0 Å². The van der Waals surface area contributed by atoms with E-state index in [1.807, 2.05) is 6.92 Å². The van der Waals surface area contributed by atoms with Gasteiger partial charge < -0.3 is 15.3 Å². The molecule has 15 heavy (non-hydrogen) atoms. The van der Waals surface area contributed by atoms with Crippen molar-refractivity contribution in [3.05, 3.63) is 0 Å². The fourth-order valence-corrected chi connectivity index (χ4v) is 0.214. The predicted molar refractivity (Wildman–Crippen MR) is 53.8 cm³/mol. The third-order valence-corrected chi connectivity index (χ3v) is 0.766. The Bertz CT molecular complexity index is 183. The minimum Gasteiger partial charge on any atom is -0.481 e. The zero-order valence-electron chi connectivity index (χ0n) is 9.19. The zero-order chi connectivity index (χ0) is 12.9. The Balaban J connectivity index is -0.000000147. The molecule has 0 radical (unpaired) electrons. The van der Waals surface area contributed by atoms with Gasteiger partial charge in [0.15, 0.2) is 0 Å². The van der Waals surface area contributed by atoms with E-state index in [2.05, 4.69) is 0 Å². The van der Waals surface area contributed by atoms with E-state index in [0.717, 1.165) is 13.3 Å². The maximum atomic E-state index is 9.60. The predicted octanol–water partition coefficient (Wildman–Crippen LogP) is 1.44. The molecule has 0 heterocycles. The number of carboxylic acid groups (broad SMARTS) is 3. The average molecular weight is 222 g/mol. The minimum absolute atomic E-state index is 0.222. The van der Waals surface area contributed by atoms with E-state index in [9.17, 15) is 9.59 Å². The summed E-state index contributed by atoms with van der Waals surface area (Å²) in [5.41, 5.74) is 0. The lowest BCUT2D eigenvalue weighted by Gasteiger charge is -1.79. The topological polar surface area (TPSA) is 112 Å². The molecule has 3 N–H and O–H groups in total. The molecule has 0 aromatic carbocycles. The molecule has 0 aliphatic rings. The summed E-state index contributed by atoms with van der Waals surface area (Å²) in [6.45, 7) is 4.52. The lowest BCUT2D eigenvalue weighted by atomic mass is 10.4. The second-order valence-corrected chi connectivity index (χ2v) is 2.41. The highest BCUT2D eigenvalue weighted by Gasteiger charge is 1.87. The van der Waals surface area contributed by atoms with Crippen LogP contribution >= 0.6 is 0 Å². The summed E-state index contributed by atoms with van der Waals surface area (Å²) in [4.78, 5) is 28.0. The van der Waals surface area contributed by atoms with Crippen molar-refractivity contribution in [2.45, 2.75) is 40.0 Å². The lowest BCUT2D eigenvalue weighted by Crippen LogP contribution is -1.90. The fraction of sp³-hybridized carbons (Fsp3) is 0.667. The number of hydrogen-bond acceptors (Lipinski definition) is 3. The highest BCUT2D eigenvalue weighted by molar-refractivity contribution is 5.66. The van der Waals surface area contributed by atoms with E-state index in [-0.39, 0.29) is 6.42 Å². The van der Waals surface area contributed by atoms with Crippen molar-refractivity contribution in [1.82, 2.24) is 0 Å². The van der Waals surface area contributed by atoms with E-state index in [1.54, 1.807) is 6.92 Å². The first-order chi connectivity index (χ1) is 6.77. The highest BCUT2D eigenvalue weighted by atomic mass is 16.4. The number of hydrogen-bond donors (Lipinski definition) is 3. The molecule has 0 bridgehead atoms. The first-order valence-corrected chi connectivity index (χ1v) is 4.40. The van der Waals surface area contributed by atoms with E-state index in [4.69, 9.17) is 20.1 Å². The molecule has 0 spiro atoms. The van der Waals surface area contributed by atoms with Crippen molar-refractivity contribution < 1.29 is 29.7 Å². The fourth-order valence-electron chi connectivity index (χ4n) is 0.214. The van der Waals surface area contributed by atoms with Crippen molar-refractivity contribution in [3.8, 4) is 0 Å². The molecule has 0 aliphatic carbocycles. The molecule has 90 valence electrons. The Labute approximate surface area is 88.5 Å². The molecular weight excluding hydrogens is 204 g/mol. The Morgan fingerprint density at radius 3 is 1.20 bits per heavy atom. The molecule has 6 nitrogen and oxygen atoms in total. The molecule has 0 fully saturated rings. The molecule has 0 aliphatic heterocycles. The van der Waals surface area contributed by atoms with Gasteiger partial charge in [-0.25, -0.2) is 0 Å². The van der Waals surface area contributed by atoms with Gasteiger partial charge in [-0.3, -0.25) is 14.4 Å². The second-order valence-electron chi connectivity index (χ2n) is 2.41. The summed E-state index contributed by atoms with van der Waals surface area (Å²) < 4.78 is 0. The van der Waals surface area contributed by atoms with Crippen LogP contribution in [-0.2, 0) is 14.4 Å². The first-order valence-electron chi connectivity index (χ1n) is 4.40. The van der Waals surface area contributed by atoms with Crippen LogP contribution in [-0.4, -0.2) is 33.2 Å². The SMILES string of the molecule is CC(=O)O.CCC(=O)O.CCCC(=O)O. The molecule has 0 atom stereocenters. The Morgan fingerprint density at radius 1 is 0.933 bits per heavy atom. The van der Waals surface area contributed by atoms with Gasteiger partial charge in [0, 0.05) is 19.8 Å². The number of carbonyl (C=O) groups is 3. The molecule has 6 heteroatoms. The summed E-state index contributed by atoms with van der Waals surface area (Å²) in [5.74, 6) is -2.29. The van der Waals surface area contributed by atoms with Crippen molar-refractivity contribution in [3.63, 3.8) is 0 Å². The first kappa shape index (κ1) is 19.1. The van der Waals surface area contributed by atoms with Crippen LogP contribution in [0.15, 0.2) is 0 Å². The van der Waals surface area contributed by atoms with Crippen molar-refractivity contribution in [2.24, 2.45) is 0 Å². The van der Waals surface area contributed by atoms with E-state index < -0.39 is 17.9 Å². The van der Waals surface area contributed by atoms with Gasteiger partial charge in [-0.15, -0.1) is 0 Å². The van der Waals surface area contributed by atoms with Crippen LogP contribution in [0.3, 0.4) is 0 Å². The van der Waals surface area contributed by atoms with Gasteiger partial charge >= 0.3 is 11.9 Å². The van der Waals surface area contributed by atoms with Gasteiger partial charge in [0.05, 0.1) is 0 Å². The molecular formula is C9H18O6. The molecule has 0 aromatic heterocycles. The number of rotatable bonds is 3. The van der Waals surface area contributed by atoms with Crippen molar-refractivity contribution in [2.75, 3.05) is 0 Å². The van der Waals surface area contributed by atoms with Gasteiger partial charge in [0.1, 0.15) is 0 Å². The number of aliphatic carboxylic acids is 3. The van der Waals surface area contributed by atoms with Gasteiger partial charge in [-0.2, -0.15) is 0 Å². The lowest BCUT2D eigenvalue weighted by molar-refractivity contribution is -0.137. The maximum Gasteiger partial charge on any atom is 0.303 e. The molecule has 0 saturated heterocycles. The summed E-state index contributed by atoms with van der Waals surface area (Å²) >= 11 is 0. The third kappa shape index (κ3) is 116. The van der Waals surface area contributed by atoms with Gasteiger partial charge in [0.2, 0.25) is 0 Å². The van der Waals surface area contributed by atoms with E-state index in [0.29, 0.717) is 6.42 Å². The Kier molecular flexibility index (Phi) is 18.9. The Morgan fingerprint density at radius 2 is 1.20 bits per heavy atom. The van der Waals surface area contributed by atoms with Crippen LogP contribution in [0, 0.1) is 0 Å². The largest absolute Gasteiger partial charge is 0.481 e. The third-order valence-electron chi connectivity index (χ3n) is 0.766. The van der Waals surface area contributed by atoms with Crippen molar-refractivity contribution >= 4 is 17.9 Å². The summed E-state index contributed by atoms with van der Waals surface area (Å²) in [6, 6.07) is 0. The van der Waals surface area contributed by atoms with Crippen LogP contribution in [0.2, 0.25) is 0 Å². The normalized spacial score (nSPS) is 7.40. The smallest absolute Gasteiger partial charge is 0.303 e. The quantitative estimate of drug-likeness (QED) is 0.666. The van der Waals surface area contributed by atoms with E-state index in [1.165, 1.54) is 0 Å². The van der Waals surface area contributed by atoms with Gasteiger partial charge in [-0.1, -0.05) is 13.8 Å². The van der Waals surface area contributed by atoms with Crippen LogP contribution in [0.1, 0.15) is 40.0 Å². The maximum absolute atomic E-state index is 9.60. The standard InChI is InChI=1S/C4H8O2.C3H6O2.C2H4O2/c1-2-3-4(5)6;1-2-3(4)5;1-2(3)4/h2-3H2,1H3,(H,5,6);2H2,1H3,(H,4,5);1H3,(H,3,4). The number of carboxylic acids is 3. The summed E-state index contributed by atoms with van der Waals surface area (Å²) in [7, 11) is 0. The minimum atomic E-state index is -0.833. The molecule has 0 amide bonds. The molecule has 0 unspecified atom stereocenters. The molecule has 0 rings (SSSR count). The zero-order valence-corrected chi connectivity index (χ0v) is 9.19. The average Bonchev–Trinajstić information content (AvgIpc) is 2.03. The van der Waals surface area contributed by atoms with Crippen LogP contribution in [0.25, 0.3) is 0 Å². The van der Waals surface area contributed by atoms with Gasteiger partial charge in [-0.05, 0) is 6.42 Å². The molecule has 0 saturated carbocycles. The summed E-state index contributed by atoms with van der Waals surface area (Å²) in [5, 5.41) is 23.1. The van der Waals surface area contributed by atoms with E-state index >= 15 is 0 Å². The Hall–Kier alpha value is -1.59. The van der Waals surface area contributed by atoms with Gasteiger partial charge in [0.25, 0.3) is 5.97 Å². The van der Waals surface area contributed by atoms with Crippen LogP contribution in [0.5, 0.6) is 0 Å². The van der Waals surface area contributed by atoms with Crippen LogP contribution < -0.4 is 0 Å². The highest BCUT2D eigenvalue weighted by Crippen LogP contribution is 1.82. The monoisotopic (exact) mass is 222 g/mol. The summed E-state index contributed by atoms with van der Waals surface area (Å²) in [6.07, 6.45) is 1.25. The van der Waals surface area contributed by atoms with Crippen molar-refractivity contribution in [1.29, 1.82) is 0 Å². The second kappa shape index (κ2) is 14.9. The molecule has 0 aromatic rings.